The van der Waals surface area contributed by atoms with Crippen molar-refractivity contribution in [2.75, 3.05) is 26.8 Å². The Morgan fingerprint density at radius 2 is 2.10 bits per heavy atom. The number of halogens is 3. The maximum absolute atomic E-state index is 12.6. The Hall–Kier alpha value is -1.20. The summed E-state index contributed by atoms with van der Waals surface area (Å²) in [5.74, 6) is -0.313. The van der Waals surface area contributed by atoms with Crippen molar-refractivity contribution in [3.63, 3.8) is 0 Å². The first-order valence-corrected chi connectivity index (χ1v) is 7.22. The zero-order valence-corrected chi connectivity index (χ0v) is 12.5. The van der Waals surface area contributed by atoms with Gasteiger partial charge in [0.1, 0.15) is 0 Å². The van der Waals surface area contributed by atoms with Crippen molar-refractivity contribution in [3.05, 3.63) is 34.9 Å². The molecule has 6 heteroatoms. The SMILES string of the molecule is COCCN(CC(F)F)C(=O)[C@H]1C[C@@H]1c1ccc(Cl)cc1. The first-order valence-electron chi connectivity index (χ1n) is 6.84. The Balaban J connectivity index is 1.97. The summed E-state index contributed by atoms with van der Waals surface area (Å²) in [6, 6.07) is 7.32. The molecule has 0 spiro atoms. The monoisotopic (exact) mass is 317 g/mol. The average Bonchev–Trinajstić information content (AvgIpc) is 3.23. The Morgan fingerprint density at radius 1 is 1.43 bits per heavy atom. The molecule has 0 N–H and O–H groups in total. The van der Waals surface area contributed by atoms with Crippen LogP contribution in [0.5, 0.6) is 0 Å². The van der Waals surface area contributed by atoms with Gasteiger partial charge in [0.05, 0.1) is 13.2 Å². The number of amides is 1. The van der Waals surface area contributed by atoms with Crippen LogP contribution in [0.15, 0.2) is 24.3 Å². The van der Waals surface area contributed by atoms with E-state index in [9.17, 15) is 13.6 Å². The van der Waals surface area contributed by atoms with E-state index in [4.69, 9.17) is 16.3 Å². The van der Waals surface area contributed by atoms with Gasteiger partial charge in [0, 0.05) is 24.6 Å². The number of methoxy groups -OCH3 is 1. The highest BCUT2D eigenvalue weighted by Gasteiger charge is 2.45. The molecule has 0 bridgehead atoms. The van der Waals surface area contributed by atoms with Gasteiger partial charge in [-0.2, -0.15) is 0 Å². The fraction of sp³-hybridized carbons (Fsp3) is 0.533. The number of carbonyl (C=O) groups is 1. The predicted octanol–water partition coefficient (Wildman–Crippen LogP) is 3.18. The second-order valence-electron chi connectivity index (χ2n) is 5.17. The smallest absolute Gasteiger partial charge is 0.255 e. The Kier molecular flexibility index (Phi) is 5.53. The molecule has 3 nitrogen and oxygen atoms in total. The summed E-state index contributed by atoms with van der Waals surface area (Å²) < 4.78 is 30.0. The van der Waals surface area contributed by atoms with Gasteiger partial charge in [-0.15, -0.1) is 0 Å². The number of hydrogen-bond donors (Lipinski definition) is 0. The molecule has 116 valence electrons. The second kappa shape index (κ2) is 7.18. The minimum Gasteiger partial charge on any atom is -0.383 e. The van der Waals surface area contributed by atoms with E-state index in [1.165, 1.54) is 12.0 Å². The van der Waals surface area contributed by atoms with Gasteiger partial charge in [0.15, 0.2) is 0 Å². The third kappa shape index (κ3) is 4.38. The van der Waals surface area contributed by atoms with Gasteiger partial charge >= 0.3 is 0 Å². The van der Waals surface area contributed by atoms with Crippen LogP contribution in [0.3, 0.4) is 0 Å². The second-order valence-corrected chi connectivity index (χ2v) is 5.60. The van der Waals surface area contributed by atoms with Crippen LogP contribution < -0.4 is 0 Å². The van der Waals surface area contributed by atoms with Gasteiger partial charge in [-0.1, -0.05) is 23.7 Å². The van der Waals surface area contributed by atoms with Crippen LogP contribution in [0.4, 0.5) is 8.78 Å². The molecule has 1 saturated carbocycles. The highest BCUT2D eigenvalue weighted by molar-refractivity contribution is 6.30. The third-order valence-corrected chi connectivity index (χ3v) is 3.89. The lowest BCUT2D eigenvalue weighted by Gasteiger charge is -2.22. The lowest BCUT2D eigenvalue weighted by molar-refractivity contribution is -0.135. The number of carbonyl (C=O) groups excluding carboxylic acids is 1. The quantitative estimate of drug-likeness (QED) is 0.773. The van der Waals surface area contributed by atoms with Gasteiger partial charge in [0.25, 0.3) is 6.43 Å². The number of nitrogens with zero attached hydrogens (tertiary/aromatic N) is 1. The standard InChI is InChI=1S/C15H18ClF2NO2/c1-21-7-6-19(9-14(17)18)15(20)13-8-12(13)10-2-4-11(16)5-3-10/h2-5,12-14H,6-9H2,1H3/t12-,13+/m1/s1. The summed E-state index contributed by atoms with van der Waals surface area (Å²) >= 11 is 5.83. The summed E-state index contributed by atoms with van der Waals surface area (Å²) in [6.45, 7) is -0.0770. The molecule has 2 rings (SSSR count). The molecular weight excluding hydrogens is 300 g/mol. The van der Waals surface area contributed by atoms with Crippen LogP contribution in [0.1, 0.15) is 17.9 Å². The minimum atomic E-state index is -2.53. The van der Waals surface area contributed by atoms with E-state index in [1.807, 2.05) is 12.1 Å². The van der Waals surface area contributed by atoms with Gasteiger partial charge < -0.3 is 9.64 Å². The summed E-state index contributed by atoms with van der Waals surface area (Å²) in [4.78, 5) is 13.5. The van der Waals surface area contributed by atoms with Crippen LogP contribution >= 0.6 is 11.6 Å². The van der Waals surface area contributed by atoms with E-state index in [0.717, 1.165) is 5.56 Å². The Bertz CT molecular complexity index is 481. The molecule has 2 atom stereocenters. The van der Waals surface area contributed by atoms with Crippen LogP contribution in [-0.4, -0.2) is 44.0 Å². The molecule has 1 fully saturated rings. The van der Waals surface area contributed by atoms with Crippen molar-refractivity contribution >= 4 is 17.5 Å². The highest BCUT2D eigenvalue weighted by Crippen LogP contribution is 2.48. The van der Waals surface area contributed by atoms with Crippen molar-refractivity contribution in [2.24, 2.45) is 5.92 Å². The van der Waals surface area contributed by atoms with Crippen LogP contribution in [0.25, 0.3) is 0 Å². The van der Waals surface area contributed by atoms with Crippen LogP contribution in [0, 0.1) is 5.92 Å². The molecule has 0 aliphatic heterocycles. The minimum absolute atomic E-state index is 0.109. The molecule has 0 aromatic heterocycles. The molecule has 1 aliphatic rings. The molecule has 0 radical (unpaired) electrons. The fourth-order valence-electron chi connectivity index (χ4n) is 2.44. The number of ether oxygens (including phenoxy) is 1. The van der Waals surface area contributed by atoms with E-state index in [1.54, 1.807) is 12.1 Å². The van der Waals surface area contributed by atoms with Crippen LogP contribution in [0.2, 0.25) is 5.02 Å². The van der Waals surface area contributed by atoms with Crippen molar-refractivity contribution in [1.82, 2.24) is 4.90 Å². The molecule has 21 heavy (non-hydrogen) atoms. The molecule has 0 unspecified atom stereocenters. The zero-order chi connectivity index (χ0) is 15.4. The van der Waals surface area contributed by atoms with E-state index < -0.39 is 13.0 Å². The van der Waals surface area contributed by atoms with Gasteiger partial charge in [0.2, 0.25) is 5.91 Å². The zero-order valence-electron chi connectivity index (χ0n) is 11.8. The first-order chi connectivity index (χ1) is 10.0. The molecule has 1 aliphatic carbocycles. The first kappa shape index (κ1) is 16.2. The molecule has 1 aromatic rings. The Labute approximate surface area is 127 Å². The maximum Gasteiger partial charge on any atom is 0.255 e. The maximum atomic E-state index is 12.6. The molecular formula is C15H18ClF2NO2. The van der Waals surface area contributed by atoms with E-state index in [-0.39, 0.29) is 30.9 Å². The largest absolute Gasteiger partial charge is 0.383 e. The molecule has 1 aromatic carbocycles. The fourth-order valence-corrected chi connectivity index (χ4v) is 2.57. The summed E-state index contributed by atoms with van der Waals surface area (Å²) in [5, 5.41) is 0.640. The van der Waals surface area contributed by atoms with Crippen molar-refractivity contribution < 1.29 is 18.3 Å². The topological polar surface area (TPSA) is 29.5 Å². The normalized spacial score (nSPS) is 20.6. The van der Waals surface area contributed by atoms with E-state index in [0.29, 0.717) is 11.4 Å². The predicted molar refractivity (Wildman–Crippen MR) is 76.8 cm³/mol. The van der Waals surface area contributed by atoms with E-state index >= 15 is 0 Å². The highest BCUT2D eigenvalue weighted by atomic mass is 35.5. The third-order valence-electron chi connectivity index (χ3n) is 3.64. The number of benzene rings is 1. The number of rotatable bonds is 7. The van der Waals surface area contributed by atoms with E-state index in [2.05, 4.69) is 0 Å². The lowest BCUT2D eigenvalue weighted by Crippen LogP contribution is -2.38. The summed E-state index contributed by atoms with van der Waals surface area (Å²) in [5.41, 5.74) is 1.03. The van der Waals surface area contributed by atoms with Gasteiger partial charge in [-0.25, -0.2) is 8.78 Å². The van der Waals surface area contributed by atoms with Gasteiger partial charge in [-0.05, 0) is 30.0 Å². The van der Waals surface area contributed by atoms with Gasteiger partial charge in [-0.3, -0.25) is 4.79 Å². The number of alkyl halides is 2. The average molecular weight is 318 g/mol. The summed E-state index contributed by atoms with van der Waals surface area (Å²) in [6.07, 6.45) is -1.83. The van der Waals surface area contributed by atoms with Crippen molar-refractivity contribution in [1.29, 1.82) is 0 Å². The Morgan fingerprint density at radius 3 is 2.67 bits per heavy atom. The van der Waals surface area contributed by atoms with Crippen molar-refractivity contribution in [2.45, 2.75) is 18.8 Å². The lowest BCUT2D eigenvalue weighted by atomic mass is 10.1. The molecule has 0 heterocycles. The van der Waals surface area contributed by atoms with Crippen LogP contribution in [-0.2, 0) is 9.53 Å². The molecule has 0 saturated heterocycles. The molecule has 1 amide bonds. The van der Waals surface area contributed by atoms with Crippen molar-refractivity contribution in [3.8, 4) is 0 Å². The summed E-state index contributed by atoms with van der Waals surface area (Å²) in [7, 11) is 1.48. The number of hydrogen-bond acceptors (Lipinski definition) is 2.